The number of nitrogens with zero attached hydrogens (tertiary/aromatic N) is 1. The van der Waals surface area contributed by atoms with Gasteiger partial charge in [-0.15, -0.1) is 0 Å². The number of carbonyl (C=O) groups excluding carboxylic acids is 3. The van der Waals surface area contributed by atoms with Crippen LogP contribution in [0, 0.1) is 5.82 Å². The maximum absolute atomic E-state index is 13.9. The molecule has 2 aromatic carbocycles. The molecule has 5 rings (SSSR count). The smallest absolute Gasteiger partial charge is 0.322 e. The number of rotatable bonds is 3. The van der Waals surface area contributed by atoms with E-state index >= 15 is 0 Å². The fraction of sp³-hybridized carbons (Fsp3) is 0.200. The Morgan fingerprint density at radius 2 is 2.13 bits per heavy atom. The molecule has 0 radical (unpaired) electrons. The molecule has 1 spiro atoms. The molecule has 3 heterocycles. The third-order valence-electron chi connectivity index (χ3n) is 5.32. The summed E-state index contributed by atoms with van der Waals surface area (Å²) in [6.07, 6.45) is 0.620. The number of hydrogen-bond acceptors (Lipinski definition) is 6. The third kappa shape index (κ3) is 3.17. The van der Waals surface area contributed by atoms with E-state index in [4.69, 9.17) is 4.74 Å². The Labute approximate surface area is 179 Å². The zero-order valence-corrected chi connectivity index (χ0v) is 16.9. The third-order valence-corrected chi connectivity index (χ3v) is 5.90. The van der Waals surface area contributed by atoms with Crippen molar-refractivity contribution in [3.05, 3.63) is 47.8 Å². The average Bonchev–Trinajstić information content (AvgIpc) is 3.28. The van der Waals surface area contributed by atoms with E-state index in [0.29, 0.717) is 5.69 Å². The first-order valence-electron chi connectivity index (χ1n) is 9.33. The first-order valence-corrected chi connectivity index (χ1v) is 10.6. The van der Waals surface area contributed by atoms with Crippen molar-refractivity contribution >= 4 is 46.3 Å². The van der Waals surface area contributed by atoms with Crippen LogP contribution in [0.25, 0.3) is 11.0 Å². The molecule has 2 atom stereocenters. The molecular weight excluding hydrogens is 425 g/mol. The summed E-state index contributed by atoms with van der Waals surface area (Å²) in [5.41, 5.74) is 0.609. The van der Waals surface area contributed by atoms with Crippen molar-refractivity contribution in [1.29, 1.82) is 0 Å². The summed E-state index contributed by atoms with van der Waals surface area (Å²) in [6.45, 7) is 0. The van der Waals surface area contributed by atoms with Gasteiger partial charge in [-0.25, -0.2) is 14.2 Å². The van der Waals surface area contributed by atoms with Crippen LogP contribution in [0.4, 0.5) is 14.9 Å². The van der Waals surface area contributed by atoms with Crippen molar-refractivity contribution in [3.8, 4) is 5.75 Å². The quantitative estimate of drug-likeness (QED) is 0.365. The SMILES string of the molecule is CSc1nc2ccc(NC(=O)C3CC4(NC(=O)NC4=O)c4cc(F)ccc4O3)cc2[nH]1. The molecule has 2 unspecified atom stereocenters. The van der Waals surface area contributed by atoms with Gasteiger partial charge in [-0.1, -0.05) is 11.8 Å². The number of ether oxygens (including phenoxy) is 1. The van der Waals surface area contributed by atoms with Gasteiger partial charge in [0, 0.05) is 17.7 Å². The Hall–Kier alpha value is -3.60. The molecule has 4 amide bonds. The molecule has 31 heavy (non-hydrogen) atoms. The van der Waals surface area contributed by atoms with E-state index in [1.807, 2.05) is 6.26 Å². The van der Waals surface area contributed by atoms with Gasteiger partial charge in [-0.2, -0.15) is 0 Å². The monoisotopic (exact) mass is 441 g/mol. The highest BCUT2D eigenvalue weighted by Crippen LogP contribution is 2.42. The van der Waals surface area contributed by atoms with Gasteiger partial charge in [0.25, 0.3) is 11.8 Å². The van der Waals surface area contributed by atoms with Crippen LogP contribution in [-0.2, 0) is 15.1 Å². The second kappa shape index (κ2) is 6.98. The topological polar surface area (TPSA) is 125 Å². The highest BCUT2D eigenvalue weighted by Gasteiger charge is 2.54. The molecule has 11 heteroatoms. The number of aromatic nitrogens is 2. The van der Waals surface area contributed by atoms with E-state index in [1.54, 1.807) is 18.2 Å². The van der Waals surface area contributed by atoms with Crippen LogP contribution in [0.5, 0.6) is 5.75 Å². The Bertz CT molecular complexity index is 1260. The van der Waals surface area contributed by atoms with Crippen molar-refractivity contribution < 1.29 is 23.5 Å². The van der Waals surface area contributed by atoms with E-state index in [0.717, 1.165) is 28.3 Å². The second-order valence-corrected chi connectivity index (χ2v) is 8.03. The number of thioether (sulfide) groups is 1. The number of urea groups is 1. The standard InChI is InChI=1S/C20H16FN5O4S/c1-31-19-23-12-4-3-10(7-13(12)24-19)22-16(27)15-8-20(17(28)25-18(29)26-20)11-6-9(21)2-5-14(11)30-15/h2-7,15H,8H2,1H3,(H,22,27)(H,23,24)(H2,25,26,28,29). The summed E-state index contributed by atoms with van der Waals surface area (Å²) >= 11 is 1.47. The number of halogens is 1. The normalized spacial score (nSPS) is 22.1. The van der Waals surface area contributed by atoms with Crippen molar-refractivity contribution in [2.75, 3.05) is 11.6 Å². The second-order valence-electron chi connectivity index (χ2n) is 7.23. The largest absolute Gasteiger partial charge is 0.480 e. The van der Waals surface area contributed by atoms with E-state index < -0.39 is 35.3 Å². The number of carbonyl (C=O) groups is 3. The van der Waals surface area contributed by atoms with Crippen LogP contribution >= 0.6 is 11.8 Å². The van der Waals surface area contributed by atoms with Crippen LogP contribution in [0.15, 0.2) is 41.6 Å². The van der Waals surface area contributed by atoms with E-state index in [2.05, 4.69) is 25.9 Å². The number of H-pyrrole nitrogens is 1. The predicted molar refractivity (Wildman–Crippen MR) is 110 cm³/mol. The zero-order chi connectivity index (χ0) is 21.8. The first-order chi connectivity index (χ1) is 14.9. The minimum absolute atomic E-state index is 0.152. The number of fused-ring (bicyclic) bond motifs is 3. The zero-order valence-electron chi connectivity index (χ0n) is 16.1. The molecule has 0 bridgehead atoms. The lowest BCUT2D eigenvalue weighted by atomic mass is 9.81. The molecule has 0 aliphatic carbocycles. The van der Waals surface area contributed by atoms with Crippen molar-refractivity contribution in [3.63, 3.8) is 0 Å². The summed E-state index contributed by atoms with van der Waals surface area (Å²) in [6, 6.07) is 8.14. The average molecular weight is 441 g/mol. The molecule has 0 saturated carbocycles. The predicted octanol–water partition coefficient (Wildman–Crippen LogP) is 2.25. The van der Waals surface area contributed by atoms with E-state index in [1.165, 1.54) is 17.8 Å². The molecule has 4 N–H and O–H groups in total. The number of aromatic amines is 1. The number of nitrogens with one attached hydrogen (secondary N) is 4. The molecule has 1 aromatic heterocycles. The summed E-state index contributed by atoms with van der Waals surface area (Å²) in [5.74, 6) is -1.60. The highest BCUT2D eigenvalue weighted by atomic mass is 32.2. The summed E-state index contributed by atoms with van der Waals surface area (Å²) in [7, 11) is 0. The maximum Gasteiger partial charge on any atom is 0.322 e. The minimum Gasteiger partial charge on any atom is -0.480 e. The number of amides is 4. The van der Waals surface area contributed by atoms with Gasteiger partial charge < -0.3 is 20.4 Å². The van der Waals surface area contributed by atoms with Crippen molar-refractivity contribution in [1.82, 2.24) is 20.6 Å². The highest BCUT2D eigenvalue weighted by molar-refractivity contribution is 7.98. The molecule has 2 aliphatic heterocycles. The minimum atomic E-state index is -1.59. The van der Waals surface area contributed by atoms with Crippen LogP contribution in [0.1, 0.15) is 12.0 Å². The van der Waals surface area contributed by atoms with Gasteiger partial charge in [-0.05, 0) is 42.7 Å². The number of hydrogen-bond donors (Lipinski definition) is 4. The fourth-order valence-electron chi connectivity index (χ4n) is 3.88. The Balaban J connectivity index is 1.45. The Morgan fingerprint density at radius 1 is 1.29 bits per heavy atom. The van der Waals surface area contributed by atoms with E-state index in [9.17, 15) is 18.8 Å². The molecule has 1 fully saturated rings. The maximum atomic E-state index is 13.9. The van der Waals surface area contributed by atoms with Gasteiger partial charge >= 0.3 is 6.03 Å². The van der Waals surface area contributed by atoms with Crippen LogP contribution in [-0.4, -0.2) is 40.2 Å². The fourth-order valence-corrected chi connectivity index (χ4v) is 4.28. The van der Waals surface area contributed by atoms with Gasteiger partial charge in [0.1, 0.15) is 11.6 Å². The molecule has 1 saturated heterocycles. The lowest BCUT2D eigenvalue weighted by Crippen LogP contribution is -2.53. The number of anilines is 1. The number of benzene rings is 2. The van der Waals surface area contributed by atoms with Crippen LogP contribution in [0.3, 0.4) is 0 Å². The van der Waals surface area contributed by atoms with Gasteiger partial charge in [0.15, 0.2) is 16.8 Å². The van der Waals surface area contributed by atoms with Crippen molar-refractivity contribution in [2.24, 2.45) is 0 Å². The summed E-state index contributed by atoms with van der Waals surface area (Å²) in [4.78, 5) is 45.0. The van der Waals surface area contributed by atoms with Gasteiger partial charge in [-0.3, -0.25) is 14.9 Å². The summed E-state index contributed by atoms with van der Waals surface area (Å²) < 4.78 is 19.6. The molecule has 158 valence electrons. The van der Waals surface area contributed by atoms with Gasteiger partial charge in [0.05, 0.1) is 11.0 Å². The molecule has 2 aliphatic rings. The van der Waals surface area contributed by atoms with E-state index in [-0.39, 0.29) is 17.7 Å². The number of imidazole rings is 1. The lowest BCUT2D eigenvalue weighted by Gasteiger charge is -2.36. The van der Waals surface area contributed by atoms with Crippen LogP contribution < -0.4 is 20.7 Å². The Kier molecular flexibility index (Phi) is 4.36. The Morgan fingerprint density at radius 3 is 2.87 bits per heavy atom. The summed E-state index contributed by atoms with van der Waals surface area (Å²) in [5, 5.41) is 8.23. The lowest BCUT2D eigenvalue weighted by molar-refractivity contribution is -0.129. The molecule has 9 nitrogen and oxygen atoms in total. The molecular formula is C20H16FN5O4S. The molecule has 3 aromatic rings. The van der Waals surface area contributed by atoms with Crippen LogP contribution in [0.2, 0.25) is 0 Å². The van der Waals surface area contributed by atoms with Crippen molar-refractivity contribution in [2.45, 2.75) is 23.2 Å². The number of imide groups is 1. The first kappa shape index (κ1) is 19.4. The van der Waals surface area contributed by atoms with Gasteiger partial charge in [0.2, 0.25) is 0 Å².